The maximum Gasteiger partial charge on any atom is 0.337 e. The van der Waals surface area contributed by atoms with E-state index in [4.69, 9.17) is 0 Å². The molecule has 1 fully saturated rings. The molecular formula is C17H22ClFN4O4S. The first-order valence-corrected chi connectivity index (χ1v) is 9.79. The normalized spacial score (nSPS) is 17.8. The summed E-state index contributed by atoms with van der Waals surface area (Å²) in [4.78, 5) is 15.8. The van der Waals surface area contributed by atoms with Gasteiger partial charge in [0.05, 0.1) is 23.6 Å². The number of ether oxygens (including phenoxy) is 1. The van der Waals surface area contributed by atoms with Crippen LogP contribution in [0.1, 0.15) is 27.8 Å². The fraction of sp³-hybridized carbons (Fsp3) is 0.412. The molecule has 1 atom stereocenters. The van der Waals surface area contributed by atoms with Crippen molar-refractivity contribution < 1.29 is 22.3 Å². The van der Waals surface area contributed by atoms with E-state index in [-0.39, 0.29) is 35.0 Å². The van der Waals surface area contributed by atoms with Crippen molar-refractivity contribution in [1.82, 2.24) is 19.2 Å². The summed E-state index contributed by atoms with van der Waals surface area (Å²) < 4.78 is 48.8. The monoisotopic (exact) mass is 432 g/mol. The van der Waals surface area contributed by atoms with Crippen LogP contribution in [-0.2, 0) is 21.8 Å². The number of imidazole rings is 1. The Morgan fingerprint density at radius 3 is 2.71 bits per heavy atom. The minimum atomic E-state index is -4.08. The molecule has 0 amide bonds. The smallest absolute Gasteiger partial charge is 0.337 e. The van der Waals surface area contributed by atoms with E-state index < -0.39 is 27.9 Å². The van der Waals surface area contributed by atoms with Gasteiger partial charge < -0.3 is 14.6 Å². The van der Waals surface area contributed by atoms with Crippen molar-refractivity contribution in [3.63, 3.8) is 0 Å². The maximum atomic E-state index is 14.3. The van der Waals surface area contributed by atoms with Crippen molar-refractivity contribution in [2.24, 2.45) is 7.05 Å². The molecule has 0 radical (unpaired) electrons. The lowest BCUT2D eigenvalue weighted by molar-refractivity contribution is 0.0600. The summed E-state index contributed by atoms with van der Waals surface area (Å²) in [6.07, 6.45) is 3.33. The second-order valence-electron chi connectivity index (χ2n) is 6.30. The first-order chi connectivity index (χ1) is 12.8. The molecule has 154 valence electrons. The molecule has 1 unspecified atom stereocenters. The quantitative estimate of drug-likeness (QED) is 0.734. The Morgan fingerprint density at radius 1 is 1.39 bits per heavy atom. The van der Waals surface area contributed by atoms with E-state index in [1.807, 2.05) is 0 Å². The molecule has 0 saturated carbocycles. The predicted octanol–water partition coefficient (Wildman–Crippen LogP) is 1.41. The number of esters is 1. The summed E-state index contributed by atoms with van der Waals surface area (Å²) >= 11 is 0. The lowest BCUT2D eigenvalue weighted by Crippen LogP contribution is -2.49. The van der Waals surface area contributed by atoms with Gasteiger partial charge in [0, 0.05) is 44.6 Å². The fourth-order valence-corrected chi connectivity index (χ4v) is 5.02. The van der Waals surface area contributed by atoms with Crippen LogP contribution < -0.4 is 5.32 Å². The molecule has 8 nitrogen and oxygen atoms in total. The second-order valence-corrected chi connectivity index (χ2v) is 8.16. The van der Waals surface area contributed by atoms with Crippen molar-refractivity contribution in [1.29, 1.82) is 0 Å². The number of nitrogens with zero attached hydrogens (tertiary/aromatic N) is 3. The highest BCUT2D eigenvalue weighted by atomic mass is 35.5. The molecule has 1 saturated heterocycles. The third-order valence-electron chi connectivity index (χ3n) is 4.66. The number of sulfonamides is 1. The van der Waals surface area contributed by atoms with Gasteiger partial charge in [-0.1, -0.05) is 0 Å². The largest absolute Gasteiger partial charge is 0.465 e. The minimum Gasteiger partial charge on any atom is -0.465 e. The van der Waals surface area contributed by atoms with Gasteiger partial charge in [0.2, 0.25) is 10.0 Å². The minimum absolute atomic E-state index is 0. The molecule has 1 N–H and O–H groups in total. The van der Waals surface area contributed by atoms with E-state index in [0.717, 1.165) is 19.2 Å². The number of aryl methyl sites for hydroxylation is 1. The highest BCUT2D eigenvalue weighted by Gasteiger charge is 2.38. The van der Waals surface area contributed by atoms with E-state index in [2.05, 4.69) is 15.0 Å². The number of rotatable bonds is 4. The van der Waals surface area contributed by atoms with E-state index >= 15 is 0 Å². The van der Waals surface area contributed by atoms with E-state index in [1.165, 1.54) is 11.2 Å². The Morgan fingerprint density at radius 2 is 2.11 bits per heavy atom. The molecule has 1 aromatic heterocycles. The predicted molar refractivity (Wildman–Crippen MR) is 102 cm³/mol. The summed E-state index contributed by atoms with van der Waals surface area (Å²) in [5.41, 5.74) is -0.192. The molecule has 0 aliphatic carbocycles. The number of nitrogens with one attached hydrogen (secondary N) is 1. The average Bonchev–Trinajstić information content (AvgIpc) is 3.08. The summed E-state index contributed by atoms with van der Waals surface area (Å²) in [6, 6.07) is 1.60. The third-order valence-corrected chi connectivity index (χ3v) is 6.69. The zero-order valence-corrected chi connectivity index (χ0v) is 17.3. The number of carbonyl (C=O) groups is 1. The van der Waals surface area contributed by atoms with Gasteiger partial charge >= 0.3 is 5.97 Å². The number of methoxy groups -OCH3 is 1. The van der Waals surface area contributed by atoms with Crippen LogP contribution in [0.25, 0.3) is 0 Å². The van der Waals surface area contributed by atoms with Crippen LogP contribution >= 0.6 is 12.4 Å². The number of halogens is 2. The number of piperazine rings is 1. The van der Waals surface area contributed by atoms with Crippen molar-refractivity contribution in [2.75, 3.05) is 26.7 Å². The lowest BCUT2D eigenvalue weighted by atomic mass is 10.1. The van der Waals surface area contributed by atoms with Crippen molar-refractivity contribution in [3.05, 3.63) is 47.3 Å². The topological polar surface area (TPSA) is 93.5 Å². The molecule has 1 aliphatic heterocycles. The molecule has 0 bridgehead atoms. The van der Waals surface area contributed by atoms with Crippen LogP contribution in [0.2, 0.25) is 0 Å². The van der Waals surface area contributed by atoms with Crippen LogP contribution in [-0.4, -0.2) is 55.0 Å². The molecule has 2 heterocycles. The summed E-state index contributed by atoms with van der Waals surface area (Å²) in [5.74, 6) is -1.00. The highest BCUT2D eigenvalue weighted by Crippen LogP contribution is 2.31. The summed E-state index contributed by atoms with van der Waals surface area (Å²) in [5, 5.41) is 3.16. The van der Waals surface area contributed by atoms with Gasteiger partial charge in [0.15, 0.2) is 0 Å². The van der Waals surface area contributed by atoms with E-state index in [9.17, 15) is 17.6 Å². The molecule has 0 spiro atoms. The molecule has 28 heavy (non-hydrogen) atoms. The Hall–Kier alpha value is -2.01. The number of carbonyl (C=O) groups excluding carboxylic acids is 1. The van der Waals surface area contributed by atoms with Gasteiger partial charge in [-0.3, -0.25) is 0 Å². The number of hydrogen-bond acceptors (Lipinski definition) is 6. The van der Waals surface area contributed by atoms with Crippen LogP contribution in [0.15, 0.2) is 29.4 Å². The summed E-state index contributed by atoms with van der Waals surface area (Å²) in [6.45, 7) is 2.41. The molecule has 1 aromatic carbocycles. The number of hydrogen-bond donors (Lipinski definition) is 1. The van der Waals surface area contributed by atoms with Gasteiger partial charge in [-0.25, -0.2) is 22.6 Å². The zero-order valence-electron chi connectivity index (χ0n) is 15.7. The van der Waals surface area contributed by atoms with Crippen LogP contribution in [0.5, 0.6) is 0 Å². The van der Waals surface area contributed by atoms with Gasteiger partial charge in [0.1, 0.15) is 11.6 Å². The highest BCUT2D eigenvalue weighted by molar-refractivity contribution is 7.89. The molecule has 11 heteroatoms. The van der Waals surface area contributed by atoms with E-state index in [0.29, 0.717) is 18.9 Å². The Bertz CT molecular complexity index is 980. The van der Waals surface area contributed by atoms with Crippen molar-refractivity contribution in [2.45, 2.75) is 17.9 Å². The lowest BCUT2D eigenvalue weighted by Gasteiger charge is -2.35. The van der Waals surface area contributed by atoms with E-state index in [1.54, 1.807) is 24.0 Å². The molecule has 1 aliphatic rings. The van der Waals surface area contributed by atoms with Gasteiger partial charge in [0.25, 0.3) is 0 Å². The van der Waals surface area contributed by atoms with Crippen molar-refractivity contribution >= 4 is 28.4 Å². The fourth-order valence-electron chi connectivity index (χ4n) is 3.18. The third kappa shape index (κ3) is 3.90. The molecule has 2 aromatic rings. The summed E-state index contributed by atoms with van der Waals surface area (Å²) in [7, 11) is -1.14. The first-order valence-electron chi connectivity index (χ1n) is 8.35. The first kappa shape index (κ1) is 22.3. The van der Waals surface area contributed by atoms with Gasteiger partial charge in [-0.15, -0.1) is 12.4 Å². The zero-order chi connectivity index (χ0) is 19.8. The second kappa shape index (κ2) is 8.56. The number of aromatic nitrogens is 2. The Balaban J connectivity index is 0.00000280. The molecule has 3 rings (SSSR count). The Labute approximate surface area is 169 Å². The van der Waals surface area contributed by atoms with Crippen LogP contribution in [0, 0.1) is 12.7 Å². The van der Waals surface area contributed by atoms with Gasteiger partial charge in [-0.2, -0.15) is 4.31 Å². The van der Waals surface area contributed by atoms with Crippen LogP contribution in [0.3, 0.4) is 0 Å². The van der Waals surface area contributed by atoms with Gasteiger partial charge in [-0.05, 0) is 19.1 Å². The van der Waals surface area contributed by atoms with Crippen LogP contribution in [0.4, 0.5) is 4.39 Å². The maximum absolute atomic E-state index is 14.3. The number of benzene rings is 1. The SMILES string of the molecule is COC(=O)c1cc(F)c(C)c(S(=O)(=O)N2CCNCC2c2nccn2C)c1.Cl. The average molecular weight is 433 g/mol. The Kier molecular flexibility index (Phi) is 6.81. The standard InChI is InChI=1S/C17H21FN4O4S.ClH/c1-11-13(18)8-12(17(23)26-3)9-15(11)27(24,25)22-7-4-19-10-14(22)16-20-5-6-21(16)2;/h5-6,8-9,14,19H,4,7,10H2,1-3H3;1H. The molecular weight excluding hydrogens is 411 g/mol. The van der Waals surface area contributed by atoms with Crippen molar-refractivity contribution in [3.8, 4) is 0 Å².